The lowest BCUT2D eigenvalue weighted by atomic mass is 9.93. The van der Waals surface area contributed by atoms with Crippen LogP contribution in [0, 0.1) is 4.77 Å². The molecule has 2 aliphatic rings. The number of nitrogens with zero attached hydrogens (tertiary/aromatic N) is 3. The van der Waals surface area contributed by atoms with Gasteiger partial charge in [-0.25, -0.2) is 4.98 Å². The Morgan fingerprint density at radius 1 is 1.58 bits per heavy atom. The number of allylic oxidation sites excluding steroid dienone is 3. The van der Waals surface area contributed by atoms with E-state index in [0.717, 1.165) is 45.8 Å². The minimum Gasteiger partial charge on any atom is -0.388 e. The molecule has 26 heavy (non-hydrogen) atoms. The monoisotopic (exact) mass is 436 g/mol. The maximum atomic E-state index is 10.4. The van der Waals surface area contributed by atoms with Gasteiger partial charge in [-0.3, -0.25) is 4.99 Å². The first-order chi connectivity index (χ1) is 12.3. The molecule has 2 atom stereocenters. The van der Waals surface area contributed by atoms with Gasteiger partial charge in [-0.1, -0.05) is 13.0 Å². The van der Waals surface area contributed by atoms with E-state index in [1.165, 1.54) is 0 Å². The van der Waals surface area contributed by atoms with Crippen LogP contribution >= 0.6 is 28.1 Å². The van der Waals surface area contributed by atoms with Crippen molar-refractivity contribution in [3.8, 4) is 0 Å². The van der Waals surface area contributed by atoms with Gasteiger partial charge in [0.1, 0.15) is 5.82 Å². The number of aromatic amines is 1. The molecular formula is C19H25BrN4OS. The molecular weight excluding hydrogens is 412 g/mol. The average Bonchev–Trinajstić information content (AvgIpc) is 2.94. The van der Waals surface area contributed by atoms with Crippen LogP contribution in [0.25, 0.3) is 11.6 Å². The third kappa shape index (κ3) is 3.70. The molecule has 0 amide bonds. The van der Waals surface area contributed by atoms with Crippen molar-refractivity contribution in [1.29, 1.82) is 0 Å². The molecule has 0 bridgehead atoms. The molecule has 0 saturated carbocycles. The second-order valence-electron chi connectivity index (χ2n) is 7.25. The molecule has 1 aliphatic heterocycles. The lowest BCUT2D eigenvalue weighted by Crippen LogP contribution is -2.31. The largest absolute Gasteiger partial charge is 0.388 e. The molecule has 1 fully saturated rings. The highest BCUT2D eigenvalue weighted by molar-refractivity contribution is 9.12. The van der Waals surface area contributed by atoms with Crippen molar-refractivity contribution in [1.82, 2.24) is 9.97 Å². The summed E-state index contributed by atoms with van der Waals surface area (Å²) >= 11 is 9.03. The lowest BCUT2D eigenvalue weighted by molar-refractivity contribution is 0.0839. The predicted molar refractivity (Wildman–Crippen MR) is 115 cm³/mol. The Kier molecular flexibility index (Phi) is 5.51. The smallest absolute Gasteiger partial charge is 0.199 e. The van der Waals surface area contributed by atoms with E-state index < -0.39 is 5.60 Å². The summed E-state index contributed by atoms with van der Waals surface area (Å²) in [5, 5.41) is 10.4. The lowest BCUT2D eigenvalue weighted by Gasteiger charge is -2.27. The molecule has 140 valence electrons. The maximum Gasteiger partial charge on any atom is 0.199 e. The summed E-state index contributed by atoms with van der Waals surface area (Å²) in [4.78, 5) is 14.9. The van der Waals surface area contributed by atoms with E-state index >= 15 is 0 Å². The summed E-state index contributed by atoms with van der Waals surface area (Å²) in [6.07, 6.45) is 5.79. The van der Waals surface area contributed by atoms with Crippen LogP contribution in [-0.2, 0) is 0 Å². The highest BCUT2D eigenvalue weighted by Crippen LogP contribution is 2.39. The minimum atomic E-state index is -0.704. The Hall–Kier alpha value is -1.31. The summed E-state index contributed by atoms with van der Waals surface area (Å²) in [7, 11) is 0. The van der Waals surface area contributed by atoms with E-state index in [4.69, 9.17) is 17.2 Å². The first-order valence-corrected chi connectivity index (χ1v) is 10.2. The quantitative estimate of drug-likeness (QED) is 0.684. The summed E-state index contributed by atoms with van der Waals surface area (Å²) < 4.78 is 1.38. The van der Waals surface area contributed by atoms with Crippen LogP contribution in [-0.4, -0.2) is 45.5 Å². The Labute approximate surface area is 168 Å². The molecule has 1 aromatic heterocycles. The average molecular weight is 437 g/mol. The number of aliphatic imine (C=N–C) groups is 1. The van der Waals surface area contributed by atoms with Crippen LogP contribution in [0.4, 0.5) is 5.82 Å². The number of hydrogen-bond donors (Lipinski definition) is 2. The summed E-state index contributed by atoms with van der Waals surface area (Å²) in [6, 6.07) is 0.230. The zero-order valence-corrected chi connectivity index (χ0v) is 18.0. The van der Waals surface area contributed by atoms with Crippen molar-refractivity contribution >= 4 is 51.3 Å². The molecule has 0 spiro atoms. The molecule has 0 radical (unpaired) electrons. The van der Waals surface area contributed by atoms with Crippen molar-refractivity contribution in [3.63, 3.8) is 0 Å². The summed E-state index contributed by atoms with van der Waals surface area (Å²) in [5.74, 6) is 0.822. The third-order valence-electron chi connectivity index (χ3n) is 4.94. The van der Waals surface area contributed by atoms with E-state index in [-0.39, 0.29) is 6.04 Å². The maximum absolute atomic E-state index is 10.4. The fourth-order valence-electron chi connectivity index (χ4n) is 3.37. The van der Waals surface area contributed by atoms with Gasteiger partial charge in [0.05, 0.1) is 17.0 Å². The number of rotatable bonds is 3. The summed E-state index contributed by atoms with van der Waals surface area (Å²) in [5.41, 5.74) is 3.20. The zero-order chi connectivity index (χ0) is 19.1. The van der Waals surface area contributed by atoms with Crippen LogP contribution in [0.15, 0.2) is 15.6 Å². The van der Waals surface area contributed by atoms with Gasteiger partial charge in [0.2, 0.25) is 0 Å². The molecule has 7 heteroatoms. The topological polar surface area (TPSA) is 64.5 Å². The molecule has 1 saturated heterocycles. The number of H-pyrrole nitrogens is 1. The van der Waals surface area contributed by atoms with Crippen molar-refractivity contribution in [3.05, 3.63) is 26.6 Å². The van der Waals surface area contributed by atoms with Gasteiger partial charge in [0, 0.05) is 34.8 Å². The van der Waals surface area contributed by atoms with Crippen molar-refractivity contribution < 1.29 is 5.11 Å². The predicted octanol–water partition coefficient (Wildman–Crippen LogP) is 4.49. The third-order valence-corrected chi connectivity index (χ3v) is 5.74. The SMILES string of the molecule is C/C=C1\C(=NC(C)CC)C(Br)=Cc2[nH]c(=S)nc(N3CCC(C)(O)C3)c21. The number of aliphatic hydroxyl groups is 1. The van der Waals surface area contributed by atoms with Gasteiger partial charge in [-0.2, -0.15) is 0 Å². The molecule has 1 aliphatic carbocycles. The van der Waals surface area contributed by atoms with Crippen molar-refractivity contribution in [2.24, 2.45) is 4.99 Å². The van der Waals surface area contributed by atoms with Crippen molar-refractivity contribution in [2.45, 2.75) is 52.2 Å². The summed E-state index contributed by atoms with van der Waals surface area (Å²) in [6.45, 7) is 9.44. The Bertz CT molecular complexity index is 869. The number of hydrogen-bond acceptors (Lipinski definition) is 5. The van der Waals surface area contributed by atoms with Crippen LogP contribution in [0.2, 0.25) is 0 Å². The first kappa shape index (κ1) is 19.5. The van der Waals surface area contributed by atoms with E-state index in [1.807, 2.05) is 19.9 Å². The van der Waals surface area contributed by atoms with Gasteiger partial charge in [-0.05, 0) is 67.8 Å². The molecule has 2 N–H and O–H groups in total. The molecule has 3 rings (SSSR count). The standard InChI is InChI=1S/C19H25BrN4OS/c1-5-11(3)21-16-12(6-2)15-14(9-13(16)20)22-18(26)23-17(15)24-8-7-19(4,25)10-24/h6,9,11,25H,5,7-8,10H2,1-4H3,(H,22,23,26)/b12-6-,21-16?. The van der Waals surface area contributed by atoms with Gasteiger partial charge in [0.15, 0.2) is 4.77 Å². The first-order valence-electron chi connectivity index (χ1n) is 8.99. The normalized spacial score (nSPS) is 27.0. The Balaban J connectivity index is 2.19. The molecule has 5 nitrogen and oxygen atoms in total. The van der Waals surface area contributed by atoms with E-state index in [0.29, 0.717) is 17.7 Å². The van der Waals surface area contributed by atoms with Crippen LogP contribution < -0.4 is 4.90 Å². The molecule has 0 aromatic carbocycles. The Morgan fingerprint density at radius 3 is 2.88 bits per heavy atom. The highest BCUT2D eigenvalue weighted by atomic mass is 79.9. The molecule has 2 unspecified atom stereocenters. The molecule has 1 aromatic rings. The van der Waals surface area contributed by atoms with Gasteiger partial charge in [-0.15, -0.1) is 0 Å². The van der Waals surface area contributed by atoms with Crippen LogP contribution in [0.3, 0.4) is 0 Å². The fourth-order valence-corrected chi connectivity index (χ4v) is 4.11. The second-order valence-corrected chi connectivity index (χ2v) is 8.49. The van der Waals surface area contributed by atoms with Gasteiger partial charge >= 0.3 is 0 Å². The number of fused-ring (bicyclic) bond motifs is 1. The van der Waals surface area contributed by atoms with Crippen molar-refractivity contribution in [2.75, 3.05) is 18.0 Å². The second kappa shape index (κ2) is 7.37. The van der Waals surface area contributed by atoms with Crippen LogP contribution in [0.1, 0.15) is 51.8 Å². The number of β-amino-alcohol motifs (C(OH)–C–C–N with tert-alkyl or cyclic N) is 1. The van der Waals surface area contributed by atoms with Gasteiger partial charge in [0.25, 0.3) is 0 Å². The van der Waals surface area contributed by atoms with Gasteiger partial charge < -0.3 is 15.0 Å². The number of aromatic nitrogens is 2. The number of anilines is 1. The fraction of sp³-hybridized carbons (Fsp3) is 0.526. The van der Waals surface area contributed by atoms with E-state index in [1.54, 1.807) is 0 Å². The van der Waals surface area contributed by atoms with E-state index in [2.05, 4.69) is 50.7 Å². The van der Waals surface area contributed by atoms with Crippen LogP contribution in [0.5, 0.6) is 0 Å². The Morgan fingerprint density at radius 2 is 2.31 bits per heavy atom. The van der Waals surface area contributed by atoms with E-state index in [9.17, 15) is 5.11 Å². The number of halogens is 1. The molecule has 2 heterocycles. The highest BCUT2D eigenvalue weighted by Gasteiger charge is 2.35. The minimum absolute atomic E-state index is 0.230. The zero-order valence-electron chi connectivity index (χ0n) is 15.6. The number of nitrogens with one attached hydrogen (secondary N) is 1.